The standard InChI is InChI=1S/C23H18BrN5O4/c1-13-16-4-2-3-5-18(16)32-22(13)33-23(30)25-11-14-6-8-17-15(10-14)7-9-19(21(17)24)31-12-20-26-28-29-27-20/h2-10H,11-12H2,1H3,(H,25,30)(H,26,27,28,29). The molecule has 3 aromatic carbocycles. The van der Waals surface area contributed by atoms with Gasteiger partial charge in [0.15, 0.2) is 6.61 Å². The molecule has 2 N–H and O–H groups in total. The fraction of sp³-hybridized carbons (Fsp3) is 0.130. The molecule has 0 saturated heterocycles. The minimum Gasteiger partial charge on any atom is -0.484 e. The van der Waals surface area contributed by atoms with Gasteiger partial charge in [0.1, 0.15) is 11.3 Å². The van der Waals surface area contributed by atoms with E-state index >= 15 is 0 Å². The summed E-state index contributed by atoms with van der Waals surface area (Å²) in [5, 5.41) is 19.3. The molecule has 0 radical (unpaired) electrons. The van der Waals surface area contributed by atoms with E-state index in [9.17, 15) is 4.79 Å². The number of rotatable bonds is 6. The first-order valence-corrected chi connectivity index (χ1v) is 10.9. The van der Waals surface area contributed by atoms with Crippen molar-refractivity contribution < 1.29 is 18.7 Å². The van der Waals surface area contributed by atoms with Crippen LogP contribution in [0.15, 0.2) is 63.5 Å². The summed E-state index contributed by atoms with van der Waals surface area (Å²) < 4.78 is 17.6. The zero-order valence-corrected chi connectivity index (χ0v) is 19.0. The first kappa shape index (κ1) is 21.0. The molecule has 2 heterocycles. The van der Waals surface area contributed by atoms with Gasteiger partial charge in [0.05, 0.1) is 4.47 Å². The third-order valence-corrected chi connectivity index (χ3v) is 5.97. The topological polar surface area (TPSA) is 115 Å². The predicted molar refractivity (Wildman–Crippen MR) is 124 cm³/mol. The number of halogens is 1. The van der Waals surface area contributed by atoms with E-state index in [0.717, 1.165) is 31.8 Å². The molecule has 0 atom stereocenters. The molecular weight excluding hydrogens is 490 g/mol. The molecule has 0 aliphatic carbocycles. The second-order valence-electron chi connectivity index (χ2n) is 7.30. The molecule has 10 heteroatoms. The van der Waals surface area contributed by atoms with Crippen LogP contribution < -0.4 is 14.8 Å². The van der Waals surface area contributed by atoms with Crippen LogP contribution in [0.25, 0.3) is 21.7 Å². The van der Waals surface area contributed by atoms with Crippen molar-refractivity contribution in [1.82, 2.24) is 25.9 Å². The highest BCUT2D eigenvalue weighted by Gasteiger charge is 2.15. The molecule has 33 heavy (non-hydrogen) atoms. The SMILES string of the molecule is Cc1c(OC(=O)NCc2ccc3c(Br)c(OCc4nn[nH]n4)ccc3c2)oc2ccccc12. The number of fused-ring (bicyclic) bond motifs is 2. The van der Waals surface area contributed by atoms with Gasteiger partial charge in [-0.25, -0.2) is 4.79 Å². The van der Waals surface area contributed by atoms with E-state index in [1.54, 1.807) is 0 Å². The monoisotopic (exact) mass is 507 g/mol. The van der Waals surface area contributed by atoms with Crippen molar-refractivity contribution in [2.75, 3.05) is 0 Å². The number of nitrogens with one attached hydrogen (secondary N) is 2. The number of nitrogens with zero attached hydrogens (tertiary/aromatic N) is 3. The number of H-pyrrole nitrogens is 1. The van der Waals surface area contributed by atoms with Gasteiger partial charge in [-0.05, 0) is 57.4 Å². The van der Waals surface area contributed by atoms with Crippen LogP contribution >= 0.6 is 15.9 Å². The van der Waals surface area contributed by atoms with E-state index in [2.05, 4.69) is 41.9 Å². The summed E-state index contributed by atoms with van der Waals surface area (Å²) in [7, 11) is 0. The number of furan rings is 1. The molecule has 166 valence electrons. The van der Waals surface area contributed by atoms with Gasteiger partial charge < -0.3 is 19.2 Å². The molecule has 0 fully saturated rings. The lowest BCUT2D eigenvalue weighted by molar-refractivity contribution is 0.188. The number of aryl methyl sites for hydroxylation is 1. The Bertz CT molecular complexity index is 1450. The summed E-state index contributed by atoms with van der Waals surface area (Å²) in [6, 6.07) is 17.3. The Morgan fingerprint density at radius 2 is 2.03 bits per heavy atom. The quantitative estimate of drug-likeness (QED) is 0.330. The molecule has 0 aliphatic heterocycles. The molecule has 5 rings (SSSR count). The number of amides is 1. The van der Waals surface area contributed by atoms with Crippen LogP contribution in [-0.4, -0.2) is 26.7 Å². The Morgan fingerprint density at radius 1 is 1.15 bits per heavy atom. The maximum absolute atomic E-state index is 12.3. The van der Waals surface area contributed by atoms with E-state index in [4.69, 9.17) is 13.9 Å². The van der Waals surface area contributed by atoms with E-state index in [1.807, 2.05) is 61.5 Å². The van der Waals surface area contributed by atoms with E-state index in [1.165, 1.54) is 0 Å². The number of tetrazole rings is 1. The first-order chi connectivity index (χ1) is 16.1. The highest BCUT2D eigenvalue weighted by Crippen LogP contribution is 2.34. The lowest BCUT2D eigenvalue weighted by atomic mass is 10.1. The largest absolute Gasteiger partial charge is 0.484 e. The number of aromatic nitrogens is 4. The minimum absolute atomic E-state index is 0.199. The van der Waals surface area contributed by atoms with Crippen LogP contribution in [0, 0.1) is 6.92 Å². The van der Waals surface area contributed by atoms with Crippen LogP contribution in [0.5, 0.6) is 11.7 Å². The van der Waals surface area contributed by atoms with Crippen LogP contribution in [0.2, 0.25) is 0 Å². The number of benzene rings is 3. The van der Waals surface area contributed by atoms with Crippen LogP contribution in [0.3, 0.4) is 0 Å². The van der Waals surface area contributed by atoms with Crippen molar-refractivity contribution in [2.24, 2.45) is 0 Å². The van der Waals surface area contributed by atoms with Crippen molar-refractivity contribution in [3.63, 3.8) is 0 Å². The van der Waals surface area contributed by atoms with Gasteiger partial charge in [0, 0.05) is 17.5 Å². The minimum atomic E-state index is -0.580. The fourth-order valence-electron chi connectivity index (χ4n) is 3.47. The molecule has 1 amide bonds. The second-order valence-corrected chi connectivity index (χ2v) is 8.10. The van der Waals surface area contributed by atoms with E-state index in [-0.39, 0.29) is 12.6 Å². The Kier molecular flexibility index (Phi) is 5.66. The summed E-state index contributed by atoms with van der Waals surface area (Å²) in [5.41, 5.74) is 2.39. The number of carbonyl (C=O) groups excluding carboxylic acids is 1. The van der Waals surface area contributed by atoms with Gasteiger partial charge in [-0.2, -0.15) is 5.21 Å². The van der Waals surface area contributed by atoms with Gasteiger partial charge in [-0.3, -0.25) is 0 Å². The number of para-hydroxylation sites is 1. The summed E-state index contributed by atoms with van der Waals surface area (Å²) >= 11 is 3.60. The molecular formula is C23H18BrN5O4. The molecule has 0 aliphatic rings. The average molecular weight is 508 g/mol. The molecule has 0 spiro atoms. The third-order valence-electron chi connectivity index (χ3n) is 5.15. The average Bonchev–Trinajstić information content (AvgIpc) is 3.46. The van der Waals surface area contributed by atoms with Gasteiger partial charge in [-0.15, -0.1) is 10.2 Å². The molecule has 5 aromatic rings. The van der Waals surface area contributed by atoms with Gasteiger partial charge >= 0.3 is 6.09 Å². The zero-order chi connectivity index (χ0) is 22.8. The Labute approximate surface area is 196 Å². The molecule has 0 unspecified atom stereocenters. The van der Waals surface area contributed by atoms with Crippen LogP contribution in [0.1, 0.15) is 17.0 Å². The second kappa shape index (κ2) is 8.91. The zero-order valence-electron chi connectivity index (χ0n) is 17.5. The van der Waals surface area contributed by atoms with Crippen LogP contribution in [0.4, 0.5) is 4.79 Å². The Balaban J connectivity index is 1.24. The Hall–Kier alpha value is -3.92. The molecule has 2 aromatic heterocycles. The van der Waals surface area contributed by atoms with Gasteiger partial charge in [-0.1, -0.05) is 41.6 Å². The molecule has 0 bridgehead atoms. The summed E-state index contributed by atoms with van der Waals surface area (Å²) in [5.74, 6) is 1.33. The summed E-state index contributed by atoms with van der Waals surface area (Å²) in [6.07, 6.45) is -0.580. The predicted octanol–water partition coefficient (Wildman–Crippen LogP) is 5.04. The Morgan fingerprint density at radius 3 is 2.85 bits per heavy atom. The van der Waals surface area contributed by atoms with Crippen molar-refractivity contribution in [2.45, 2.75) is 20.1 Å². The summed E-state index contributed by atoms with van der Waals surface area (Å²) in [4.78, 5) is 12.3. The smallest absolute Gasteiger partial charge is 0.415 e. The van der Waals surface area contributed by atoms with Gasteiger partial charge in [0.25, 0.3) is 5.95 Å². The third kappa shape index (κ3) is 4.37. The van der Waals surface area contributed by atoms with Crippen molar-refractivity contribution in [3.05, 3.63) is 76.0 Å². The first-order valence-electron chi connectivity index (χ1n) is 10.1. The molecule has 0 saturated carbocycles. The number of hydrogen-bond acceptors (Lipinski definition) is 7. The number of ether oxygens (including phenoxy) is 2. The fourth-order valence-corrected chi connectivity index (χ4v) is 4.08. The highest BCUT2D eigenvalue weighted by atomic mass is 79.9. The maximum Gasteiger partial charge on any atom is 0.415 e. The van der Waals surface area contributed by atoms with E-state index < -0.39 is 6.09 Å². The maximum atomic E-state index is 12.3. The van der Waals surface area contributed by atoms with Crippen molar-refractivity contribution >= 4 is 43.8 Å². The van der Waals surface area contributed by atoms with Crippen molar-refractivity contribution in [3.8, 4) is 11.7 Å². The lowest BCUT2D eigenvalue weighted by Crippen LogP contribution is -2.26. The number of aromatic amines is 1. The van der Waals surface area contributed by atoms with Crippen molar-refractivity contribution in [1.29, 1.82) is 0 Å². The van der Waals surface area contributed by atoms with E-state index in [0.29, 0.717) is 23.7 Å². The summed E-state index contributed by atoms with van der Waals surface area (Å²) in [6.45, 7) is 2.37. The number of carbonyl (C=O) groups is 1. The normalized spacial score (nSPS) is 11.1. The number of hydrogen-bond donors (Lipinski definition) is 2. The molecule has 9 nitrogen and oxygen atoms in total. The highest BCUT2D eigenvalue weighted by molar-refractivity contribution is 9.10. The van der Waals surface area contributed by atoms with Gasteiger partial charge in [0.2, 0.25) is 5.82 Å². The van der Waals surface area contributed by atoms with Crippen LogP contribution in [-0.2, 0) is 13.2 Å². The lowest BCUT2D eigenvalue weighted by Gasteiger charge is -2.11.